The molecule has 0 fully saturated rings. The van der Waals surface area contributed by atoms with Crippen LogP contribution in [0.2, 0.25) is 0 Å². The lowest BCUT2D eigenvalue weighted by atomic mass is 9.79. The lowest BCUT2D eigenvalue weighted by Gasteiger charge is -2.33. The zero-order valence-electron chi connectivity index (χ0n) is 26.1. The normalized spacial score (nSPS) is 12.2. The van der Waals surface area contributed by atoms with Crippen molar-refractivity contribution in [2.75, 3.05) is 32.1 Å². The summed E-state index contributed by atoms with van der Waals surface area (Å²) in [6.07, 6.45) is 0. The van der Waals surface area contributed by atoms with Gasteiger partial charge in [-0.3, -0.25) is 0 Å². The molecule has 216 valence electrons. The Morgan fingerprint density at radius 2 is 1.20 bits per heavy atom. The number of para-hydroxylation sites is 1. The van der Waals surface area contributed by atoms with Gasteiger partial charge in [0, 0.05) is 36.2 Å². The van der Waals surface area contributed by atoms with Crippen LogP contribution in [-0.4, -0.2) is 37.2 Å². The molecule has 0 aromatic heterocycles. The number of likely N-dealkylation sites (N-methyl/N-ethyl adjacent to an activating group) is 1. The topological polar surface area (TPSA) is 26.7 Å². The summed E-state index contributed by atoms with van der Waals surface area (Å²) in [4.78, 5) is 4.71. The number of rotatable bonds is 9. The molecule has 0 unspecified atom stereocenters. The number of nitrogens with zero attached hydrogens (tertiary/aromatic N) is 2. The summed E-state index contributed by atoms with van der Waals surface area (Å²) in [5.41, 5.74) is 4.29. The summed E-state index contributed by atoms with van der Waals surface area (Å²) < 4.78 is 0. The summed E-state index contributed by atoms with van der Waals surface area (Å²) in [7, 11) is 3.48. The minimum atomic E-state index is -0.775. The molecule has 0 saturated carbocycles. The predicted molar refractivity (Wildman–Crippen MR) is 180 cm³/mol. The smallest absolute Gasteiger partial charge is 0.124 e. The number of hydrogen-bond donors (Lipinski definition) is 1. The van der Waals surface area contributed by atoms with Gasteiger partial charge in [-0.1, -0.05) is 126 Å². The Hall–Kier alpha value is -3.13. The molecule has 0 aliphatic carbocycles. The molecule has 4 rings (SSSR count). The van der Waals surface area contributed by atoms with Gasteiger partial charge < -0.3 is 14.9 Å². The first-order valence-electron chi connectivity index (χ1n) is 14.6. The Balaban J connectivity index is 1.89. The molecule has 0 atom stereocenters. The largest absolute Gasteiger partial charge is 0.507 e. The quantitative estimate of drug-likeness (QED) is 0.215. The van der Waals surface area contributed by atoms with Crippen molar-refractivity contribution in [1.82, 2.24) is 4.90 Å². The van der Waals surface area contributed by atoms with Crippen molar-refractivity contribution in [3.05, 3.63) is 114 Å². The fourth-order valence-electron chi connectivity index (χ4n) is 5.13. The molecule has 4 aromatic rings. The second kappa shape index (κ2) is 12.8. The third kappa shape index (κ3) is 7.59. The minimum Gasteiger partial charge on any atom is -0.507 e. The van der Waals surface area contributed by atoms with E-state index in [0.717, 1.165) is 24.2 Å². The summed E-state index contributed by atoms with van der Waals surface area (Å²) in [6, 6.07) is 35.1. The van der Waals surface area contributed by atoms with Crippen LogP contribution >= 0.6 is 7.92 Å². The van der Waals surface area contributed by atoms with E-state index in [9.17, 15) is 5.11 Å². The number of hydrogen-bond acceptors (Lipinski definition) is 3. The molecule has 1 N–H and O–H groups in total. The fraction of sp³-hybridized carbons (Fsp3) is 0.351. The van der Waals surface area contributed by atoms with Crippen LogP contribution in [0.15, 0.2) is 97.1 Å². The number of anilines is 1. The molecular weight excluding hydrogens is 519 g/mol. The number of phenols is 1. The lowest BCUT2D eigenvalue weighted by Crippen LogP contribution is -2.35. The third-order valence-electron chi connectivity index (χ3n) is 7.53. The van der Waals surface area contributed by atoms with Crippen LogP contribution in [0.3, 0.4) is 0 Å². The molecule has 41 heavy (non-hydrogen) atoms. The molecule has 3 nitrogen and oxygen atoms in total. The van der Waals surface area contributed by atoms with Gasteiger partial charge in [-0.05, 0) is 66.7 Å². The zero-order chi connectivity index (χ0) is 29.8. The first kappa shape index (κ1) is 30.8. The first-order chi connectivity index (χ1) is 19.4. The van der Waals surface area contributed by atoms with Gasteiger partial charge in [-0.25, -0.2) is 0 Å². The van der Waals surface area contributed by atoms with Gasteiger partial charge in [0.1, 0.15) is 5.75 Å². The summed E-state index contributed by atoms with van der Waals surface area (Å²) in [6.45, 7) is 15.7. The van der Waals surface area contributed by atoms with Crippen LogP contribution in [0.1, 0.15) is 58.2 Å². The zero-order valence-corrected chi connectivity index (χ0v) is 27.0. The van der Waals surface area contributed by atoms with Gasteiger partial charge in [-0.15, -0.1) is 0 Å². The molecule has 0 heterocycles. The van der Waals surface area contributed by atoms with Crippen molar-refractivity contribution in [1.29, 1.82) is 0 Å². The second-order valence-electron chi connectivity index (χ2n) is 13.3. The maximum atomic E-state index is 11.7. The van der Waals surface area contributed by atoms with Crippen LogP contribution in [-0.2, 0) is 17.4 Å². The van der Waals surface area contributed by atoms with E-state index < -0.39 is 7.92 Å². The Morgan fingerprint density at radius 3 is 1.71 bits per heavy atom. The highest BCUT2D eigenvalue weighted by atomic mass is 31.1. The van der Waals surface area contributed by atoms with E-state index >= 15 is 0 Å². The molecule has 4 aromatic carbocycles. The molecule has 0 saturated heterocycles. The highest BCUT2D eigenvalue weighted by Gasteiger charge is 2.27. The van der Waals surface area contributed by atoms with Crippen LogP contribution < -0.4 is 20.8 Å². The highest BCUT2D eigenvalue weighted by Crippen LogP contribution is 2.40. The average molecular weight is 567 g/mol. The molecule has 0 bridgehead atoms. The second-order valence-corrected chi connectivity index (χ2v) is 15.4. The highest BCUT2D eigenvalue weighted by molar-refractivity contribution is 7.80. The lowest BCUT2D eigenvalue weighted by molar-refractivity contribution is 0.410. The molecule has 0 radical (unpaired) electrons. The molecule has 0 aliphatic heterocycles. The third-order valence-corrected chi connectivity index (χ3v) is 10.0. The summed E-state index contributed by atoms with van der Waals surface area (Å²) >= 11 is 0. The minimum absolute atomic E-state index is 0.0240. The van der Waals surface area contributed by atoms with Crippen molar-refractivity contribution in [3.8, 4) is 5.75 Å². The fourth-order valence-corrected chi connectivity index (χ4v) is 7.61. The van der Waals surface area contributed by atoms with Crippen molar-refractivity contribution in [2.24, 2.45) is 0 Å². The van der Waals surface area contributed by atoms with Gasteiger partial charge >= 0.3 is 0 Å². The van der Waals surface area contributed by atoms with E-state index in [0.29, 0.717) is 12.3 Å². The number of aromatic hydroxyl groups is 1. The average Bonchev–Trinajstić information content (AvgIpc) is 2.92. The van der Waals surface area contributed by atoms with E-state index in [2.05, 4.69) is 162 Å². The van der Waals surface area contributed by atoms with Gasteiger partial charge in [-0.2, -0.15) is 0 Å². The van der Waals surface area contributed by atoms with Crippen LogP contribution in [0.4, 0.5) is 5.69 Å². The van der Waals surface area contributed by atoms with Crippen molar-refractivity contribution >= 4 is 29.5 Å². The maximum Gasteiger partial charge on any atom is 0.124 e. The molecule has 0 amide bonds. The van der Waals surface area contributed by atoms with Gasteiger partial charge in [0.05, 0.1) is 0 Å². The van der Waals surface area contributed by atoms with E-state index in [1.54, 1.807) is 0 Å². The molecule has 4 heteroatoms. The van der Waals surface area contributed by atoms with Crippen molar-refractivity contribution in [3.63, 3.8) is 0 Å². The summed E-state index contributed by atoms with van der Waals surface area (Å²) in [5.74, 6) is 0.422. The van der Waals surface area contributed by atoms with E-state index in [4.69, 9.17) is 0 Å². The van der Waals surface area contributed by atoms with E-state index in [1.807, 2.05) is 0 Å². The summed E-state index contributed by atoms with van der Waals surface area (Å²) in [5, 5.41) is 15.7. The Labute approximate surface area is 249 Å². The van der Waals surface area contributed by atoms with E-state index in [1.165, 1.54) is 27.2 Å². The Morgan fingerprint density at radius 1 is 0.659 bits per heavy atom. The monoisotopic (exact) mass is 566 g/mol. The Kier molecular flexibility index (Phi) is 9.62. The molecule has 0 aliphatic rings. The van der Waals surface area contributed by atoms with Crippen molar-refractivity contribution in [2.45, 2.75) is 58.9 Å². The van der Waals surface area contributed by atoms with Crippen molar-refractivity contribution < 1.29 is 5.11 Å². The predicted octanol–water partition coefficient (Wildman–Crippen LogP) is 7.31. The van der Waals surface area contributed by atoms with Crippen LogP contribution in [0, 0.1) is 0 Å². The first-order valence-corrected chi connectivity index (χ1v) is 16.0. The number of benzene rings is 4. The maximum absolute atomic E-state index is 11.7. The Bertz CT molecular complexity index is 1380. The molecule has 0 spiro atoms. The van der Waals surface area contributed by atoms with E-state index in [-0.39, 0.29) is 10.8 Å². The van der Waals surface area contributed by atoms with Crippen LogP contribution in [0.25, 0.3) is 0 Å². The van der Waals surface area contributed by atoms with Gasteiger partial charge in [0.15, 0.2) is 0 Å². The molecular formula is C37H47N2OP. The standard InChI is InChI=1S/C37H47N2OP/c1-36(2,3)29-25-28(35(40)32(26-29)37(4,5)6)27-39(24-23-38(7)8)33-21-15-16-22-34(33)41(30-17-11-9-12-18-30)31-19-13-10-14-20-31/h9-22,25-26,40H,23-24,27H2,1-8H3. The van der Waals surface area contributed by atoms with Crippen LogP contribution in [0.5, 0.6) is 5.75 Å². The van der Waals surface area contributed by atoms with Gasteiger partial charge in [0.25, 0.3) is 0 Å². The van der Waals surface area contributed by atoms with Gasteiger partial charge in [0.2, 0.25) is 0 Å². The SMILES string of the molecule is CN(C)CCN(Cc1cc(C(C)(C)C)cc(C(C)(C)C)c1O)c1ccccc1P(c1ccccc1)c1ccccc1. The number of phenolic OH excluding ortho intramolecular Hbond substituents is 1.